The maximum atomic E-state index is 5.37. The largest absolute Gasteiger partial charge is 0.0853 e. The second kappa shape index (κ2) is 2.15. The van der Waals surface area contributed by atoms with Crippen LogP contribution in [0.2, 0.25) is 0 Å². The van der Waals surface area contributed by atoms with E-state index in [0.29, 0.717) is 0 Å². The van der Waals surface area contributed by atoms with Crippen LogP contribution in [0.3, 0.4) is 0 Å². The smallest absolute Gasteiger partial charge is 0.0286 e. The van der Waals surface area contributed by atoms with Crippen LogP contribution in [-0.2, 0) is 0 Å². The fourth-order valence-electron chi connectivity index (χ4n) is 0.923. The zero-order chi connectivity index (χ0) is 5.11. The molecule has 1 aliphatic rings. The average molecular weight is 94.2 g/mol. The van der Waals surface area contributed by atoms with Gasteiger partial charge in [0, 0.05) is 0 Å². The zero-order valence-electron chi connectivity index (χ0n) is 4.48. The lowest BCUT2D eigenvalue weighted by Gasteiger charge is -1.88. The molecule has 0 aromatic carbocycles. The van der Waals surface area contributed by atoms with Gasteiger partial charge in [0.25, 0.3) is 0 Å². The highest BCUT2D eigenvalue weighted by Gasteiger charge is 1.99. The Morgan fingerprint density at radius 1 is 1.71 bits per heavy atom. The van der Waals surface area contributed by atoms with E-state index in [4.69, 9.17) is 6.92 Å². The molecule has 2 radical (unpaired) electrons. The molecule has 0 fully saturated rings. The van der Waals surface area contributed by atoms with Crippen molar-refractivity contribution in [2.24, 2.45) is 0 Å². The molecule has 0 heteroatoms. The lowest BCUT2D eigenvalue weighted by molar-refractivity contribution is 0.892. The Hall–Kier alpha value is -0.260. The van der Waals surface area contributed by atoms with Crippen molar-refractivity contribution in [1.82, 2.24) is 0 Å². The second-order valence-electron chi connectivity index (χ2n) is 1.96. The third kappa shape index (κ3) is 1.05. The maximum absolute atomic E-state index is 5.37. The van der Waals surface area contributed by atoms with Gasteiger partial charge in [0.05, 0.1) is 0 Å². The van der Waals surface area contributed by atoms with Crippen LogP contribution in [0.5, 0.6) is 0 Å². The Labute approximate surface area is 45.2 Å². The third-order valence-electron chi connectivity index (χ3n) is 1.40. The van der Waals surface area contributed by atoms with E-state index in [0.717, 1.165) is 6.42 Å². The van der Waals surface area contributed by atoms with Crippen LogP contribution >= 0.6 is 0 Å². The summed E-state index contributed by atoms with van der Waals surface area (Å²) >= 11 is 0. The highest BCUT2D eigenvalue weighted by atomic mass is 14.0. The number of allylic oxidation sites excluding steroid dienone is 2. The van der Waals surface area contributed by atoms with Gasteiger partial charge in [-0.3, -0.25) is 0 Å². The lowest BCUT2D eigenvalue weighted by Crippen LogP contribution is -1.69. The van der Waals surface area contributed by atoms with E-state index in [9.17, 15) is 0 Å². The molecule has 7 heavy (non-hydrogen) atoms. The Bertz CT molecular complexity index is 80.0. The summed E-state index contributed by atoms with van der Waals surface area (Å²) in [5.41, 5.74) is 1.44. The van der Waals surface area contributed by atoms with Crippen molar-refractivity contribution in [3.05, 3.63) is 18.6 Å². The van der Waals surface area contributed by atoms with Crippen molar-refractivity contribution in [3.8, 4) is 0 Å². The first-order valence-corrected chi connectivity index (χ1v) is 2.81. The van der Waals surface area contributed by atoms with Gasteiger partial charge in [0.1, 0.15) is 0 Å². The summed E-state index contributed by atoms with van der Waals surface area (Å²) in [5, 5.41) is 0. The molecular formula is C7H10. The molecule has 0 heterocycles. The van der Waals surface area contributed by atoms with Gasteiger partial charge in [-0.15, -0.1) is 0 Å². The van der Waals surface area contributed by atoms with Crippen molar-refractivity contribution < 1.29 is 0 Å². The van der Waals surface area contributed by atoms with Gasteiger partial charge in [0.15, 0.2) is 0 Å². The van der Waals surface area contributed by atoms with Crippen molar-refractivity contribution in [2.45, 2.75) is 25.7 Å². The van der Waals surface area contributed by atoms with Crippen molar-refractivity contribution in [3.63, 3.8) is 0 Å². The van der Waals surface area contributed by atoms with Gasteiger partial charge in [-0.05, 0) is 32.6 Å². The molecule has 1 aliphatic carbocycles. The minimum Gasteiger partial charge on any atom is -0.0853 e. The van der Waals surface area contributed by atoms with E-state index in [1.807, 2.05) is 0 Å². The van der Waals surface area contributed by atoms with E-state index in [1.54, 1.807) is 0 Å². The summed E-state index contributed by atoms with van der Waals surface area (Å²) < 4.78 is 0. The number of rotatable bonds is 1. The highest BCUT2D eigenvalue weighted by molar-refractivity contribution is 5.07. The summed E-state index contributed by atoms with van der Waals surface area (Å²) in [6.07, 6.45) is 6.86. The third-order valence-corrected chi connectivity index (χ3v) is 1.40. The van der Waals surface area contributed by atoms with E-state index >= 15 is 0 Å². The predicted molar refractivity (Wildman–Crippen MR) is 30.9 cm³/mol. The van der Waals surface area contributed by atoms with Gasteiger partial charge in [-0.2, -0.15) is 0 Å². The van der Waals surface area contributed by atoms with Crippen LogP contribution in [0.25, 0.3) is 0 Å². The fraction of sp³-hybridized carbons (Fsp3) is 0.571. The standard InChI is InChI=1S/C7H10/c1-2-7-5-3-4-6-7/h1,5H,2-4,6H2. The SMILES string of the molecule is [CH]CC1=CCCC1. The summed E-state index contributed by atoms with van der Waals surface area (Å²) in [5.74, 6) is 0. The van der Waals surface area contributed by atoms with Crippen LogP contribution in [0.15, 0.2) is 11.6 Å². The minimum absolute atomic E-state index is 0.778. The molecule has 0 amide bonds. The normalized spacial score (nSPS) is 19.9. The maximum Gasteiger partial charge on any atom is -0.0286 e. The molecule has 0 nitrogen and oxygen atoms in total. The van der Waals surface area contributed by atoms with Crippen LogP contribution in [0.1, 0.15) is 25.7 Å². The first kappa shape index (κ1) is 4.89. The lowest BCUT2D eigenvalue weighted by atomic mass is 10.2. The fourth-order valence-corrected chi connectivity index (χ4v) is 0.923. The topological polar surface area (TPSA) is 0 Å². The number of hydrogen-bond acceptors (Lipinski definition) is 0. The Kier molecular flexibility index (Phi) is 1.50. The van der Waals surface area contributed by atoms with Crippen molar-refractivity contribution in [1.29, 1.82) is 0 Å². The van der Waals surface area contributed by atoms with Gasteiger partial charge < -0.3 is 0 Å². The monoisotopic (exact) mass is 94.1 g/mol. The summed E-state index contributed by atoms with van der Waals surface area (Å²) in [6, 6.07) is 0. The van der Waals surface area contributed by atoms with Crippen LogP contribution in [0, 0.1) is 6.92 Å². The molecule has 0 saturated heterocycles. The van der Waals surface area contributed by atoms with Crippen molar-refractivity contribution >= 4 is 0 Å². The Morgan fingerprint density at radius 3 is 2.86 bits per heavy atom. The average Bonchev–Trinajstić information content (AvgIpc) is 2.14. The van der Waals surface area contributed by atoms with E-state index in [2.05, 4.69) is 6.08 Å². The molecule has 0 aromatic heterocycles. The van der Waals surface area contributed by atoms with E-state index in [1.165, 1.54) is 24.8 Å². The molecule has 0 bridgehead atoms. The van der Waals surface area contributed by atoms with Crippen molar-refractivity contribution in [2.75, 3.05) is 0 Å². The molecule has 0 aliphatic heterocycles. The molecule has 0 unspecified atom stereocenters. The highest BCUT2D eigenvalue weighted by Crippen LogP contribution is 2.19. The quantitative estimate of drug-likeness (QED) is 0.437. The Balaban J connectivity index is 2.36. The van der Waals surface area contributed by atoms with Gasteiger partial charge in [-0.25, -0.2) is 0 Å². The van der Waals surface area contributed by atoms with Gasteiger partial charge >= 0.3 is 0 Å². The van der Waals surface area contributed by atoms with Crippen LogP contribution in [-0.4, -0.2) is 0 Å². The molecule has 38 valence electrons. The molecule has 0 saturated carbocycles. The second-order valence-corrected chi connectivity index (χ2v) is 1.96. The Morgan fingerprint density at radius 2 is 2.57 bits per heavy atom. The molecule has 0 N–H and O–H groups in total. The molecule has 0 atom stereocenters. The number of hydrogen-bond donors (Lipinski definition) is 0. The molecular weight excluding hydrogens is 84.1 g/mol. The molecule has 1 rings (SSSR count). The first-order chi connectivity index (χ1) is 3.43. The summed E-state index contributed by atoms with van der Waals surface area (Å²) in [6.45, 7) is 5.37. The minimum atomic E-state index is 0.778. The predicted octanol–water partition coefficient (Wildman–Crippen LogP) is 2.20. The first-order valence-electron chi connectivity index (χ1n) is 2.81. The summed E-state index contributed by atoms with van der Waals surface area (Å²) in [4.78, 5) is 0. The molecule has 0 aromatic rings. The van der Waals surface area contributed by atoms with Crippen LogP contribution < -0.4 is 0 Å². The van der Waals surface area contributed by atoms with E-state index in [-0.39, 0.29) is 0 Å². The van der Waals surface area contributed by atoms with Crippen LogP contribution in [0.4, 0.5) is 0 Å². The summed E-state index contributed by atoms with van der Waals surface area (Å²) in [7, 11) is 0. The van der Waals surface area contributed by atoms with Gasteiger partial charge in [-0.1, -0.05) is 11.6 Å². The molecule has 0 spiro atoms. The zero-order valence-corrected chi connectivity index (χ0v) is 4.48. The van der Waals surface area contributed by atoms with Gasteiger partial charge in [0.2, 0.25) is 0 Å². The van der Waals surface area contributed by atoms with E-state index < -0.39 is 0 Å².